The van der Waals surface area contributed by atoms with Crippen molar-refractivity contribution in [2.24, 2.45) is 0 Å². The summed E-state index contributed by atoms with van der Waals surface area (Å²) in [4.78, 5) is 25.4. The van der Waals surface area contributed by atoms with Gasteiger partial charge in [0.05, 0.1) is 11.7 Å². The van der Waals surface area contributed by atoms with Crippen LogP contribution >= 0.6 is 0 Å². The van der Waals surface area contributed by atoms with Crippen molar-refractivity contribution in [2.75, 3.05) is 0 Å². The molecule has 1 aromatic heterocycles. The van der Waals surface area contributed by atoms with Crippen LogP contribution in [0.2, 0.25) is 0 Å². The molecule has 1 heterocycles. The number of carbonyl (C=O) groups excluding carboxylic acids is 1. The smallest absolute Gasteiger partial charge is 0.267 e. The third-order valence-corrected chi connectivity index (χ3v) is 4.67. The number of halogens is 1. The van der Waals surface area contributed by atoms with Crippen molar-refractivity contribution < 1.29 is 9.18 Å². The molecule has 0 radical (unpaired) electrons. The highest BCUT2D eigenvalue weighted by atomic mass is 19.1. The van der Waals surface area contributed by atoms with Crippen molar-refractivity contribution in [3.05, 3.63) is 88.5 Å². The van der Waals surface area contributed by atoms with Gasteiger partial charge in [-0.25, -0.2) is 9.07 Å². The zero-order valence-electron chi connectivity index (χ0n) is 16.0. The maximum atomic E-state index is 13.2. The maximum absolute atomic E-state index is 13.2. The van der Waals surface area contributed by atoms with E-state index in [0.717, 1.165) is 5.56 Å². The Labute approximate surface area is 162 Å². The van der Waals surface area contributed by atoms with Gasteiger partial charge in [-0.2, -0.15) is 5.10 Å². The molecule has 1 amide bonds. The lowest BCUT2D eigenvalue weighted by Gasteiger charge is -2.27. The molecule has 1 N–H and O–H groups in total. The van der Waals surface area contributed by atoms with Crippen LogP contribution in [-0.2, 0) is 10.3 Å². The van der Waals surface area contributed by atoms with Gasteiger partial charge in [-0.1, -0.05) is 30.3 Å². The third-order valence-electron chi connectivity index (χ3n) is 4.67. The molecule has 0 fully saturated rings. The van der Waals surface area contributed by atoms with E-state index in [-0.39, 0.29) is 17.8 Å². The number of aromatic nitrogens is 2. The zero-order chi connectivity index (χ0) is 20.3. The summed E-state index contributed by atoms with van der Waals surface area (Å²) in [6, 6.07) is 18.1. The highest BCUT2D eigenvalue weighted by Gasteiger charge is 2.33. The van der Waals surface area contributed by atoms with Gasteiger partial charge in [0, 0.05) is 11.6 Å². The molecule has 3 aromatic rings. The minimum atomic E-state index is -1.21. The van der Waals surface area contributed by atoms with Gasteiger partial charge in [0.1, 0.15) is 11.4 Å². The van der Waals surface area contributed by atoms with Gasteiger partial charge in [-0.15, -0.1) is 0 Å². The van der Waals surface area contributed by atoms with E-state index < -0.39 is 11.1 Å². The lowest BCUT2D eigenvalue weighted by atomic mass is 10.0. The molecule has 0 bridgehead atoms. The van der Waals surface area contributed by atoms with Crippen LogP contribution in [0.25, 0.3) is 11.3 Å². The van der Waals surface area contributed by atoms with Crippen LogP contribution in [0.5, 0.6) is 0 Å². The van der Waals surface area contributed by atoms with Crippen molar-refractivity contribution in [1.82, 2.24) is 15.1 Å². The topological polar surface area (TPSA) is 64.0 Å². The van der Waals surface area contributed by atoms with Gasteiger partial charge in [-0.3, -0.25) is 9.59 Å². The summed E-state index contributed by atoms with van der Waals surface area (Å²) >= 11 is 0. The first kappa shape index (κ1) is 19.5. The average Bonchev–Trinajstić information content (AvgIpc) is 2.69. The van der Waals surface area contributed by atoms with Crippen LogP contribution in [0.3, 0.4) is 0 Å². The number of carbonyl (C=O) groups is 1. The summed E-state index contributed by atoms with van der Waals surface area (Å²) < 4.78 is 14.3. The van der Waals surface area contributed by atoms with E-state index >= 15 is 0 Å². The Bertz CT molecular complexity index is 1030. The molecule has 0 saturated heterocycles. The summed E-state index contributed by atoms with van der Waals surface area (Å²) in [6.45, 7) is 5.17. The quantitative estimate of drug-likeness (QED) is 0.736. The number of amides is 1. The lowest BCUT2D eigenvalue weighted by molar-refractivity contribution is -0.129. The Morgan fingerprint density at radius 3 is 2.32 bits per heavy atom. The van der Waals surface area contributed by atoms with Gasteiger partial charge in [-0.05, 0) is 56.7 Å². The third kappa shape index (κ3) is 4.01. The summed E-state index contributed by atoms with van der Waals surface area (Å²) in [6.07, 6.45) is 0. The zero-order valence-corrected chi connectivity index (χ0v) is 16.0. The maximum Gasteiger partial charge on any atom is 0.267 e. The largest absolute Gasteiger partial charge is 0.347 e. The molecule has 144 valence electrons. The number of hydrogen-bond acceptors (Lipinski definition) is 3. The second kappa shape index (κ2) is 7.76. The van der Waals surface area contributed by atoms with Crippen molar-refractivity contribution in [3.63, 3.8) is 0 Å². The predicted molar refractivity (Wildman–Crippen MR) is 106 cm³/mol. The van der Waals surface area contributed by atoms with Crippen molar-refractivity contribution in [3.8, 4) is 11.3 Å². The highest BCUT2D eigenvalue weighted by molar-refractivity contribution is 5.83. The Morgan fingerprint density at radius 2 is 1.68 bits per heavy atom. The normalized spacial score (nSPS) is 12.4. The van der Waals surface area contributed by atoms with Gasteiger partial charge < -0.3 is 5.32 Å². The molecule has 1 unspecified atom stereocenters. The van der Waals surface area contributed by atoms with E-state index in [4.69, 9.17) is 0 Å². The molecule has 0 aliphatic carbocycles. The monoisotopic (exact) mass is 379 g/mol. The first-order valence-electron chi connectivity index (χ1n) is 9.02. The van der Waals surface area contributed by atoms with Crippen molar-refractivity contribution in [2.45, 2.75) is 32.4 Å². The van der Waals surface area contributed by atoms with Crippen molar-refractivity contribution in [1.29, 1.82) is 0 Å². The molecule has 0 spiro atoms. The number of nitrogens with one attached hydrogen (secondary N) is 1. The highest BCUT2D eigenvalue weighted by Crippen LogP contribution is 2.20. The summed E-state index contributed by atoms with van der Waals surface area (Å²) in [5, 5.41) is 7.31. The van der Waals surface area contributed by atoms with Crippen LogP contribution in [-0.4, -0.2) is 15.7 Å². The van der Waals surface area contributed by atoms with Gasteiger partial charge in [0.15, 0.2) is 0 Å². The molecule has 28 heavy (non-hydrogen) atoms. The number of benzene rings is 2. The van der Waals surface area contributed by atoms with E-state index in [9.17, 15) is 14.0 Å². The summed E-state index contributed by atoms with van der Waals surface area (Å²) in [5.41, 5.74) is 0.502. The number of rotatable bonds is 5. The Morgan fingerprint density at radius 1 is 1.04 bits per heavy atom. The standard InChI is InChI=1S/C22H22FN3O2/c1-15(16-7-5-4-6-8-16)24-21(28)22(2,3)26-20(27)14-13-19(25-26)17-9-11-18(23)12-10-17/h4-15H,1-3H3,(H,24,28). The minimum Gasteiger partial charge on any atom is -0.347 e. The fourth-order valence-corrected chi connectivity index (χ4v) is 2.88. The Kier molecular flexibility index (Phi) is 5.40. The molecular weight excluding hydrogens is 357 g/mol. The number of nitrogens with zero attached hydrogens (tertiary/aromatic N) is 2. The SMILES string of the molecule is CC(NC(=O)C(C)(C)n1nc(-c2ccc(F)cc2)ccc1=O)c1ccccc1. The molecule has 5 nitrogen and oxygen atoms in total. The molecule has 0 aliphatic heterocycles. The number of hydrogen-bond donors (Lipinski definition) is 1. The fourth-order valence-electron chi connectivity index (χ4n) is 2.88. The lowest BCUT2D eigenvalue weighted by Crippen LogP contribution is -2.50. The first-order valence-corrected chi connectivity index (χ1v) is 9.02. The summed E-state index contributed by atoms with van der Waals surface area (Å²) in [7, 11) is 0. The van der Waals surface area contributed by atoms with Crippen molar-refractivity contribution >= 4 is 5.91 Å². The van der Waals surface area contributed by atoms with Gasteiger partial charge in [0.2, 0.25) is 5.91 Å². The Balaban J connectivity index is 1.90. The molecule has 1 atom stereocenters. The molecule has 6 heteroatoms. The minimum absolute atomic E-state index is 0.219. The van der Waals surface area contributed by atoms with Crippen LogP contribution in [0, 0.1) is 5.82 Å². The molecule has 0 aliphatic rings. The van der Waals surface area contributed by atoms with E-state index in [1.54, 1.807) is 32.0 Å². The second-order valence-electron chi connectivity index (χ2n) is 7.14. The molecule has 0 saturated carbocycles. The van der Waals surface area contributed by atoms with E-state index in [2.05, 4.69) is 10.4 Å². The van der Waals surface area contributed by atoms with Gasteiger partial charge >= 0.3 is 0 Å². The van der Waals surface area contributed by atoms with Crippen LogP contribution in [0.4, 0.5) is 4.39 Å². The van der Waals surface area contributed by atoms with E-state index in [0.29, 0.717) is 11.3 Å². The van der Waals surface area contributed by atoms with E-state index in [1.165, 1.54) is 22.9 Å². The second-order valence-corrected chi connectivity index (χ2v) is 7.14. The van der Waals surface area contributed by atoms with E-state index in [1.807, 2.05) is 37.3 Å². The van der Waals surface area contributed by atoms with Crippen LogP contribution in [0.1, 0.15) is 32.4 Å². The first-order chi connectivity index (χ1) is 13.3. The Hall–Kier alpha value is -3.28. The molecular formula is C22H22FN3O2. The van der Waals surface area contributed by atoms with Crippen LogP contribution < -0.4 is 10.9 Å². The fraction of sp³-hybridized carbons (Fsp3) is 0.227. The van der Waals surface area contributed by atoms with Gasteiger partial charge in [0.25, 0.3) is 5.56 Å². The summed E-state index contributed by atoms with van der Waals surface area (Å²) in [5.74, 6) is -0.679. The molecule has 3 rings (SSSR count). The average molecular weight is 379 g/mol. The predicted octanol–water partition coefficient (Wildman–Crippen LogP) is 3.66. The van der Waals surface area contributed by atoms with Crippen LogP contribution in [0.15, 0.2) is 71.5 Å². The molecule has 2 aromatic carbocycles.